The summed E-state index contributed by atoms with van der Waals surface area (Å²) in [6.45, 7) is -0.946. The van der Waals surface area contributed by atoms with Crippen LogP contribution in [0.3, 0.4) is 0 Å². The van der Waals surface area contributed by atoms with E-state index in [0.717, 1.165) is 0 Å². The number of ether oxygens (including phenoxy) is 2. The summed E-state index contributed by atoms with van der Waals surface area (Å²) in [4.78, 5) is 10.4. The van der Waals surface area contributed by atoms with E-state index in [9.17, 15) is 9.18 Å². The lowest BCUT2D eigenvalue weighted by molar-refractivity contribution is 0.112. The molecule has 1 aromatic carbocycles. The maximum atomic E-state index is 11.9. The van der Waals surface area contributed by atoms with Crippen LogP contribution in [-0.4, -0.2) is 20.3 Å². The third-order valence-corrected chi connectivity index (χ3v) is 1.53. The van der Waals surface area contributed by atoms with Crippen molar-refractivity contribution in [2.75, 3.05) is 14.0 Å². The zero-order valence-electron chi connectivity index (χ0n) is 7.12. The highest BCUT2D eigenvalue weighted by Crippen LogP contribution is 2.27. The van der Waals surface area contributed by atoms with E-state index in [-0.39, 0.29) is 5.75 Å². The molecule has 0 aliphatic carbocycles. The van der Waals surface area contributed by atoms with E-state index in [1.165, 1.54) is 13.2 Å². The fraction of sp³-hybridized carbons (Fsp3) is 0.222. The smallest absolute Gasteiger partial charge is 0.228 e. The van der Waals surface area contributed by atoms with Gasteiger partial charge in [-0.15, -0.1) is 0 Å². The summed E-state index contributed by atoms with van der Waals surface area (Å²) < 4.78 is 21.4. The van der Waals surface area contributed by atoms with Crippen LogP contribution in [0.15, 0.2) is 18.2 Å². The van der Waals surface area contributed by atoms with Gasteiger partial charge in [-0.05, 0) is 18.2 Å². The van der Waals surface area contributed by atoms with Crippen molar-refractivity contribution in [1.82, 2.24) is 0 Å². The Balaban J connectivity index is 3.02. The van der Waals surface area contributed by atoms with Crippen LogP contribution in [0.5, 0.6) is 11.5 Å². The van der Waals surface area contributed by atoms with Crippen molar-refractivity contribution in [3.05, 3.63) is 23.8 Å². The van der Waals surface area contributed by atoms with E-state index in [4.69, 9.17) is 4.74 Å². The average Bonchev–Trinajstić information content (AvgIpc) is 2.18. The van der Waals surface area contributed by atoms with E-state index in [1.807, 2.05) is 0 Å². The summed E-state index contributed by atoms with van der Waals surface area (Å²) in [7, 11) is 1.45. The molecule has 0 fully saturated rings. The first-order valence-corrected chi connectivity index (χ1v) is 3.63. The van der Waals surface area contributed by atoms with Crippen LogP contribution >= 0.6 is 0 Å². The first kappa shape index (κ1) is 9.51. The molecule has 0 unspecified atom stereocenters. The van der Waals surface area contributed by atoms with Crippen LogP contribution in [0.2, 0.25) is 0 Å². The van der Waals surface area contributed by atoms with E-state index >= 15 is 0 Å². The van der Waals surface area contributed by atoms with Gasteiger partial charge in [0.2, 0.25) is 6.86 Å². The summed E-state index contributed by atoms with van der Waals surface area (Å²) in [5, 5.41) is 0. The van der Waals surface area contributed by atoms with Gasteiger partial charge >= 0.3 is 0 Å². The van der Waals surface area contributed by atoms with Gasteiger partial charge in [-0.1, -0.05) is 0 Å². The van der Waals surface area contributed by atoms with Gasteiger partial charge in [0.1, 0.15) is 6.29 Å². The van der Waals surface area contributed by atoms with Crippen molar-refractivity contribution in [3.63, 3.8) is 0 Å². The fourth-order valence-corrected chi connectivity index (χ4v) is 0.938. The summed E-state index contributed by atoms with van der Waals surface area (Å²) >= 11 is 0. The predicted octanol–water partition coefficient (Wildman–Crippen LogP) is 1.81. The lowest BCUT2D eigenvalue weighted by Crippen LogP contribution is -1.95. The Kier molecular flexibility index (Phi) is 3.25. The first-order chi connectivity index (χ1) is 6.31. The fourth-order valence-electron chi connectivity index (χ4n) is 0.938. The zero-order valence-corrected chi connectivity index (χ0v) is 7.12. The second-order valence-electron chi connectivity index (χ2n) is 2.28. The molecular weight excluding hydrogens is 175 g/mol. The SMILES string of the molecule is COc1ccc(C=O)cc1OCF. The lowest BCUT2D eigenvalue weighted by Gasteiger charge is -2.07. The predicted molar refractivity (Wildman–Crippen MR) is 45.0 cm³/mol. The molecular formula is C9H9FO3. The molecule has 0 amide bonds. The minimum absolute atomic E-state index is 0.231. The maximum Gasteiger partial charge on any atom is 0.228 e. The molecule has 0 aliphatic rings. The summed E-state index contributed by atoms with van der Waals surface area (Å²) in [5.41, 5.74) is 0.421. The van der Waals surface area contributed by atoms with E-state index in [1.54, 1.807) is 12.1 Å². The molecule has 0 spiro atoms. The molecule has 0 aromatic heterocycles. The van der Waals surface area contributed by atoms with Crippen LogP contribution in [0.4, 0.5) is 4.39 Å². The second-order valence-corrected chi connectivity index (χ2v) is 2.28. The topological polar surface area (TPSA) is 35.5 Å². The lowest BCUT2D eigenvalue weighted by atomic mass is 10.2. The number of hydrogen-bond donors (Lipinski definition) is 0. The molecule has 0 saturated carbocycles. The van der Waals surface area contributed by atoms with E-state index in [0.29, 0.717) is 17.6 Å². The molecule has 0 N–H and O–H groups in total. The first-order valence-electron chi connectivity index (χ1n) is 3.63. The minimum Gasteiger partial charge on any atom is -0.493 e. The van der Waals surface area contributed by atoms with Gasteiger partial charge in [0.25, 0.3) is 0 Å². The van der Waals surface area contributed by atoms with Crippen LogP contribution in [0.25, 0.3) is 0 Å². The van der Waals surface area contributed by atoms with Gasteiger partial charge in [0.05, 0.1) is 7.11 Å². The zero-order chi connectivity index (χ0) is 9.68. The number of halogens is 1. The number of benzene rings is 1. The number of carbonyl (C=O) groups excluding carboxylic acids is 1. The van der Waals surface area contributed by atoms with Gasteiger partial charge in [-0.3, -0.25) is 4.79 Å². The summed E-state index contributed by atoms with van der Waals surface area (Å²) in [5.74, 6) is 0.637. The normalized spacial score (nSPS) is 9.38. The van der Waals surface area contributed by atoms with Gasteiger partial charge in [0, 0.05) is 5.56 Å². The highest BCUT2D eigenvalue weighted by molar-refractivity contribution is 5.76. The van der Waals surface area contributed by atoms with Crippen molar-refractivity contribution < 1.29 is 18.7 Å². The molecule has 0 aliphatic heterocycles. The molecule has 3 nitrogen and oxygen atoms in total. The van der Waals surface area contributed by atoms with E-state index in [2.05, 4.69) is 4.74 Å². The van der Waals surface area contributed by atoms with Crippen molar-refractivity contribution in [3.8, 4) is 11.5 Å². The summed E-state index contributed by atoms with van der Waals surface area (Å²) in [6.07, 6.45) is 0.657. The quantitative estimate of drug-likeness (QED) is 0.669. The van der Waals surface area contributed by atoms with E-state index < -0.39 is 6.86 Å². The Morgan fingerprint density at radius 2 is 2.23 bits per heavy atom. The number of hydrogen-bond acceptors (Lipinski definition) is 3. The Labute approximate surface area is 75.1 Å². The number of rotatable bonds is 4. The monoisotopic (exact) mass is 184 g/mol. The highest BCUT2D eigenvalue weighted by atomic mass is 19.1. The van der Waals surface area contributed by atoms with Gasteiger partial charge in [-0.25, -0.2) is 4.39 Å². The molecule has 13 heavy (non-hydrogen) atoms. The number of aldehydes is 1. The molecule has 0 bridgehead atoms. The molecule has 0 saturated heterocycles. The van der Waals surface area contributed by atoms with Crippen molar-refractivity contribution in [2.45, 2.75) is 0 Å². The van der Waals surface area contributed by atoms with Crippen LogP contribution in [0, 0.1) is 0 Å². The van der Waals surface area contributed by atoms with Crippen LogP contribution < -0.4 is 9.47 Å². The molecule has 0 atom stereocenters. The second kappa shape index (κ2) is 4.45. The standard InChI is InChI=1S/C9H9FO3/c1-12-8-3-2-7(5-11)4-9(8)13-6-10/h2-5H,6H2,1H3. The van der Waals surface area contributed by atoms with Crippen LogP contribution in [-0.2, 0) is 0 Å². The van der Waals surface area contributed by atoms with Gasteiger partial charge < -0.3 is 9.47 Å². The van der Waals surface area contributed by atoms with Gasteiger partial charge in [0.15, 0.2) is 11.5 Å². The molecule has 4 heteroatoms. The molecule has 0 heterocycles. The van der Waals surface area contributed by atoms with Crippen molar-refractivity contribution in [2.24, 2.45) is 0 Å². The third-order valence-electron chi connectivity index (χ3n) is 1.53. The highest BCUT2D eigenvalue weighted by Gasteiger charge is 2.04. The number of carbonyl (C=O) groups is 1. The molecule has 0 radical (unpaired) electrons. The maximum absolute atomic E-state index is 11.9. The van der Waals surface area contributed by atoms with Crippen LogP contribution in [0.1, 0.15) is 10.4 Å². The third kappa shape index (κ3) is 2.18. The number of alkyl halides is 1. The Morgan fingerprint density at radius 1 is 1.46 bits per heavy atom. The van der Waals surface area contributed by atoms with Gasteiger partial charge in [-0.2, -0.15) is 0 Å². The Hall–Kier alpha value is -1.58. The average molecular weight is 184 g/mol. The summed E-state index contributed by atoms with van der Waals surface area (Å²) in [6, 6.07) is 4.54. The largest absolute Gasteiger partial charge is 0.493 e. The molecule has 1 aromatic rings. The Morgan fingerprint density at radius 3 is 2.77 bits per heavy atom. The molecule has 1 rings (SSSR count). The minimum atomic E-state index is -0.946. The van der Waals surface area contributed by atoms with Crippen molar-refractivity contribution in [1.29, 1.82) is 0 Å². The Bertz CT molecular complexity index is 299. The number of methoxy groups -OCH3 is 1. The van der Waals surface area contributed by atoms with Crippen molar-refractivity contribution >= 4 is 6.29 Å². The molecule has 70 valence electrons.